The van der Waals surface area contributed by atoms with Gasteiger partial charge in [-0.05, 0) is 44.9 Å². The molecule has 0 radical (unpaired) electrons. The van der Waals surface area contributed by atoms with Crippen molar-refractivity contribution in [3.8, 4) is 0 Å². The highest BCUT2D eigenvalue weighted by Gasteiger charge is 2.07. The third kappa shape index (κ3) is 6.27. The highest BCUT2D eigenvalue weighted by molar-refractivity contribution is 7.99. The van der Waals surface area contributed by atoms with Crippen molar-refractivity contribution in [3.05, 3.63) is 42.5 Å². The van der Waals surface area contributed by atoms with Crippen LogP contribution in [-0.4, -0.2) is 18.3 Å². The Morgan fingerprint density at radius 2 is 2.28 bits per heavy atom. The van der Waals surface area contributed by atoms with Crippen molar-refractivity contribution in [2.24, 2.45) is 0 Å². The van der Waals surface area contributed by atoms with Gasteiger partial charge >= 0.3 is 0 Å². The Kier molecular flexibility index (Phi) is 7.86. The van der Waals surface area contributed by atoms with Crippen LogP contribution in [0.4, 0.5) is 0 Å². The molecule has 1 nitrogen and oxygen atoms in total. The number of benzene rings is 1. The largest absolute Gasteiger partial charge is 0.313 e. The van der Waals surface area contributed by atoms with E-state index in [9.17, 15) is 0 Å². The molecule has 0 heterocycles. The molecule has 1 unspecified atom stereocenters. The lowest BCUT2D eigenvalue weighted by Crippen LogP contribution is -2.31. The molecular formula is C16H25NS. The molecule has 0 aliphatic carbocycles. The molecule has 1 atom stereocenters. The van der Waals surface area contributed by atoms with Crippen molar-refractivity contribution < 1.29 is 0 Å². The predicted octanol–water partition coefficient (Wildman–Crippen LogP) is 4.42. The topological polar surface area (TPSA) is 12.0 Å². The molecule has 0 aliphatic rings. The number of nitrogens with one attached hydrogen (secondary N) is 1. The molecule has 100 valence electrons. The van der Waals surface area contributed by atoms with Crippen LogP contribution in [0.5, 0.6) is 0 Å². The fourth-order valence-corrected chi connectivity index (χ4v) is 2.94. The van der Waals surface area contributed by atoms with Gasteiger partial charge in [-0.2, -0.15) is 0 Å². The lowest BCUT2D eigenvalue weighted by molar-refractivity contribution is 0.524. The monoisotopic (exact) mass is 263 g/mol. The van der Waals surface area contributed by atoms with E-state index in [-0.39, 0.29) is 0 Å². The molecule has 0 fully saturated rings. The van der Waals surface area contributed by atoms with E-state index in [2.05, 4.69) is 50.0 Å². The van der Waals surface area contributed by atoms with Crippen LogP contribution in [0.15, 0.2) is 41.8 Å². The van der Waals surface area contributed by atoms with Gasteiger partial charge in [-0.25, -0.2) is 0 Å². The quantitative estimate of drug-likeness (QED) is 0.523. The van der Waals surface area contributed by atoms with Crippen LogP contribution >= 0.6 is 11.8 Å². The summed E-state index contributed by atoms with van der Waals surface area (Å²) in [4.78, 5) is 1.37. The van der Waals surface area contributed by atoms with Crippen molar-refractivity contribution >= 4 is 11.8 Å². The molecule has 2 heteroatoms. The molecule has 1 N–H and O–H groups in total. The Morgan fingerprint density at radius 3 is 2.94 bits per heavy atom. The molecule has 18 heavy (non-hydrogen) atoms. The van der Waals surface area contributed by atoms with Crippen molar-refractivity contribution in [2.45, 2.75) is 44.0 Å². The normalized spacial score (nSPS) is 12.3. The molecule has 0 aliphatic heterocycles. The fraction of sp³-hybridized carbons (Fsp3) is 0.500. The van der Waals surface area contributed by atoms with Crippen molar-refractivity contribution in [1.29, 1.82) is 0 Å². The van der Waals surface area contributed by atoms with Gasteiger partial charge in [0.25, 0.3) is 0 Å². The van der Waals surface area contributed by atoms with Crippen LogP contribution in [-0.2, 0) is 0 Å². The summed E-state index contributed by atoms with van der Waals surface area (Å²) in [6.07, 6.45) is 5.48. The fourth-order valence-electron chi connectivity index (χ4n) is 1.81. The summed E-state index contributed by atoms with van der Waals surface area (Å²) in [6.45, 7) is 9.28. The third-order valence-corrected chi connectivity index (χ3v) is 4.00. The molecule has 0 amide bonds. The number of hydrogen-bond acceptors (Lipinski definition) is 2. The summed E-state index contributed by atoms with van der Waals surface area (Å²) in [5, 5.41) is 3.62. The maximum absolute atomic E-state index is 3.81. The second-order valence-corrected chi connectivity index (χ2v) is 5.74. The van der Waals surface area contributed by atoms with Gasteiger partial charge in [0, 0.05) is 16.7 Å². The van der Waals surface area contributed by atoms with Crippen molar-refractivity contribution in [2.75, 3.05) is 12.3 Å². The first-order valence-corrected chi connectivity index (χ1v) is 7.78. The number of thioether (sulfide) groups is 1. The Balaban J connectivity index is 2.41. The molecule has 0 spiro atoms. The van der Waals surface area contributed by atoms with Crippen LogP contribution in [0, 0.1) is 6.92 Å². The van der Waals surface area contributed by atoms with E-state index in [4.69, 9.17) is 0 Å². The lowest BCUT2D eigenvalue weighted by Gasteiger charge is -2.17. The van der Waals surface area contributed by atoms with E-state index in [1.165, 1.54) is 23.3 Å². The van der Waals surface area contributed by atoms with Gasteiger partial charge in [0.15, 0.2) is 0 Å². The van der Waals surface area contributed by atoms with E-state index in [0.29, 0.717) is 6.04 Å². The summed E-state index contributed by atoms with van der Waals surface area (Å²) >= 11 is 1.95. The Hall–Kier alpha value is -0.730. The van der Waals surface area contributed by atoms with Crippen LogP contribution in [0.2, 0.25) is 0 Å². The number of aryl methyl sites for hydroxylation is 1. The SMILES string of the molecule is C=CCCC(CSc1cccc(C)c1)NCCC. The molecular weight excluding hydrogens is 238 g/mol. The van der Waals surface area contributed by atoms with Gasteiger partial charge in [0.05, 0.1) is 0 Å². The summed E-state index contributed by atoms with van der Waals surface area (Å²) < 4.78 is 0. The van der Waals surface area contributed by atoms with Crippen LogP contribution in [0.1, 0.15) is 31.7 Å². The highest BCUT2D eigenvalue weighted by atomic mass is 32.2. The standard InChI is InChI=1S/C16H25NS/c1-4-6-9-15(17-11-5-2)13-18-16-10-7-8-14(3)12-16/h4,7-8,10,12,15,17H,1,5-6,9,11,13H2,2-3H3. The summed E-state index contributed by atoms with van der Waals surface area (Å²) in [5.74, 6) is 1.14. The second-order valence-electron chi connectivity index (χ2n) is 4.64. The van der Waals surface area contributed by atoms with E-state index in [1.54, 1.807) is 0 Å². The maximum atomic E-state index is 3.81. The molecule has 1 rings (SSSR count). The predicted molar refractivity (Wildman–Crippen MR) is 83.4 cm³/mol. The first-order valence-electron chi connectivity index (χ1n) is 6.80. The van der Waals surface area contributed by atoms with Crippen LogP contribution < -0.4 is 5.32 Å². The van der Waals surface area contributed by atoms with E-state index in [0.717, 1.165) is 18.7 Å². The Labute approximate surface area is 116 Å². The minimum absolute atomic E-state index is 0.591. The van der Waals surface area contributed by atoms with Gasteiger partial charge in [-0.3, -0.25) is 0 Å². The van der Waals surface area contributed by atoms with Crippen molar-refractivity contribution in [1.82, 2.24) is 5.32 Å². The van der Waals surface area contributed by atoms with Crippen molar-refractivity contribution in [3.63, 3.8) is 0 Å². The second kappa shape index (κ2) is 9.23. The van der Waals surface area contributed by atoms with Gasteiger partial charge in [-0.1, -0.05) is 30.7 Å². The van der Waals surface area contributed by atoms with Gasteiger partial charge in [0.2, 0.25) is 0 Å². The molecule has 0 saturated heterocycles. The summed E-state index contributed by atoms with van der Waals surface area (Å²) in [7, 11) is 0. The van der Waals surface area contributed by atoms with Gasteiger partial charge < -0.3 is 5.32 Å². The van der Waals surface area contributed by atoms with Gasteiger partial charge in [-0.15, -0.1) is 18.3 Å². The zero-order valence-corrected chi connectivity index (χ0v) is 12.4. The minimum atomic E-state index is 0.591. The highest BCUT2D eigenvalue weighted by Crippen LogP contribution is 2.20. The zero-order chi connectivity index (χ0) is 13.2. The van der Waals surface area contributed by atoms with E-state index < -0.39 is 0 Å². The zero-order valence-electron chi connectivity index (χ0n) is 11.6. The lowest BCUT2D eigenvalue weighted by atomic mass is 10.2. The third-order valence-electron chi connectivity index (χ3n) is 2.84. The average molecular weight is 263 g/mol. The average Bonchev–Trinajstić information content (AvgIpc) is 2.38. The molecule has 1 aromatic carbocycles. The smallest absolute Gasteiger partial charge is 0.0164 e. The van der Waals surface area contributed by atoms with Gasteiger partial charge in [0.1, 0.15) is 0 Å². The minimum Gasteiger partial charge on any atom is -0.313 e. The molecule has 0 bridgehead atoms. The summed E-state index contributed by atoms with van der Waals surface area (Å²) in [6, 6.07) is 9.33. The van der Waals surface area contributed by atoms with E-state index in [1.807, 2.05) is 17.8 Å². The number of rotatable bonds is 9. The van der Waals surface area contributed by atoms with Crippen LogP contribution in [0.3, 0.4) is 0 Å². The molecule has 1 aromatic rings. The maximum Gasteiger partial charge on any atom is 0.0164 e. The van der Waals surface area contributed by atoms with E-state index >= 15 is 0 Å². The Bertz CT molecular complexity index is 349. The first kappa shape index (κ1) is 15.3. The number of allylic oxidation sites excluding steroid dienone is 1. The first-order chi connectivity index (χ1) is 8.76. The molecule has 0 aromatic heterocycles. The molecule has 0 saturated carbocycles. The summed E-state index contributed by atoms with van der Waals surface area (Å²) in [5.41, 5.74) is 1.34. The number of hydrogen-bond donors (Lipinski definition) is 1. The Morgan fingerprint density at radius 1 is 1.44 bits per heavy atom. The van der Waals surface area contributed by atoms with Crippen LogP contribution in [0.25, 0.3) is 0 Å².